The standard InChI is InChI=1S/C32H35F3N4O6/c1-19-14-39(20(2)17-40)30(41)25-13-24(37-31(42)36-23-7-5-22(6-8-23)32(33,34)35)9-11-26(25)45-29(19)16-38(3)15-21-4-10-27-28(12-21)44-18-43-27/h4-13,19-20,29,40H,14-18H2,1-3H3,(H2,36,37,42)/t19-,20-,29+/m1/s1. The Morgan fingerprint density at radius 2 is 1.69 bits per heavy atom. The van der Waals surface area contributed by atoms with E-state index in [0.29, 0.717) is 36.9 Å². The smallest absolute Gasteiger partial charge is 0.416 e. The molecule has 2 heterocycles. The van der Waals surface area contributed by atoms with Crippen LogP contribution < -0.4 is 24.8 Å². The zero-order valence-electron chi connectivity index (χ0n) is 25.1. The SMILES string of the molecule is C[C@@H]1CN([C@H](C)CO)C(=O)c2cc(NC(=O)Nc3ccc(C(F)(F)F)cc3)ccc2O[C@H]1CN(C)Cc1ccc2c(c1)OCO2. The molecule has 45 heavy (non-hydrogen) atoms. The van der Waals surface area contributed by atoms with Crippen LogP contribution >= 0.6 is 0 Å². The van der Waals surface area contributed by atoms with Crippen molar-refractivity contribution in [2.24, 2.45) is 5.92 Å². The Hall–Kier alpha value is -4.49. The number of rotatable bonds is 8. The molecule has 3 N–H and O–H groups in total. The van der Waals surface area contributed by atoms with Crippen LogP contribution in [0.25, 0.3) is 0 Å². The number of likely N-dealkylation sites (N-methyl/N-ethyl adjacent to an activating group) is 1. The zero-order valence-corrected chi connectivity index (χ0v) is 25.1. The second kappa shape index (κ2) is 13.2. The molecule has 2 aliphatic heterocycles. The molecule has 0 aliphatic carbocycles. The summed E-state index contributed by atoms with van der Waals surface area (Å²) in [4.78, 5) is 30.1. The fourth-order valence-corrected chi connectivity index (χ4v) is 5.28. The third-order valence-corrected chi connectivity index (χ3v) is 7.77. The number of halogens is 3. The van der Waals surface area contributed by atoms with E-state index in [2.05, 4.69) is 15.5 Å². The van der Waals surface area contributed by atoms with Crippen molar-refractivity contribution < 1.29 is 42.1 Å². The van der Waals surface area contributed by atoms with E-state index in [9.17, 15) is 27.9 Å². The number of anilines is 2. The van der Waals surface area contributed by atoms with E-state index < -0.39 is 23.8 Å². The molecular weight excluding hydrogens is 593 g/mol. The highest BCUT2D eigenvalue weighted by atomic mass is 19.4. The van der Waals surface area contributed by atoms with Crippen molar-refractivity contribution in [3.05, 3.63) is 77.4 Å². The molecule has 0 saturated heterocycles. The van der Waals surface area contributed by atoms with Crippen LogP contribution in [0.4, 0.5) is 29.3 Å². The number of carbonyl (C=O) groups is 2. The highest BCUT2D eigenvalue weighted by Gasteiger charge is 2.34. The predicted molar refractivity (Wildman–Crippen MR) is 161 cm³/mol. The maximum Gasteiger partial charge on any atom is 0.416 e. The van der Waals surface area contributed by atoms with Gasteiger partial charge in [-0.05, 0) is 74.1 Å². The molecule has 0 unspecified atom stereocenters. The van der Waals surface area contributed by atoms with E-state index in [1.165, 1.54) is 6.07 Å². The first kappa shape index (κ1) is 31.9. The molecule has 0 saturated carbocycles. The number of nitrogens with zero attached hydrogens (tertiary/aromatic N) is 2. The van der Waals surface area contributed by atoms with Crippen molar-refractivity contribution in [2.45, 2.75) is 38.7 Å². The lowest BCUT2D eigenvalue weighted by Gasteiger charge is -2.38. The van der Waals surface area contributed by atoms with Crippen LogP contribution in [-0.4, -0.2) is 72.5 Å². The number of benzene rings is 3. The van der Waals surface area contributed by atoms with Crippen molar-refractivity contribution in [1.82, 2.24) is 9.80 Å². The summed E-state index contributed by atoms with van der Waals surface area (Å²) in [5.74, 6) is 1.29. The molecule has 13 heteroatoms. The van der Waals surface area contributed by atoms with Gasteiger partial charge in [0.2, 0.25) is 6.79 Å². The van der Waals surface area contributed by atoms with Gasteiger partial charge in [-0.2, -0.15) is 13.2 Å². The van der Waals surface area contributed by atoms with Gasteiger partial charge >= 0.3 is 12.2 Å². The normalized spacial score (nSPS) is 18.5. The highest BCUT2D eigenvalue weighted by Crippen LogP contribution is 2.34. The topological polar surface area (TPSA) is 113 Å². The van der Waals surface area contributed by atoms with E-state index in [-0.39, 0.29) is 48.3 Å². The Bertz CT molecular complexity index is 1530. The minimum atomic E-state index is -4.49. The molecule has 3 aromatic rings. The molecule has 2 aliphatic rings. The molecule has 240 valence electrons. The van der Waals surface area contributed by atoms with Gasteiger partial charge in [-0.25, -0.2) is 4.79 Å². The number of aliphatic hydroxyl groups is 1. The van der Waals surface area contributed by atoms with Gasteiger partial charge < -0.3 is 34.9 Å². The number of hydrogen-bond acceptors (Lipinski definition) is 7. The summed E-state index contributed by atoms with van der Waals surface area (Å²) in [5, 5.41) is 15.0. The molecule has 0 aromatic heterocycles. The van der Waals surface area contributed by atoms with Crippen molar-refractivity contribution in [3.63, 3.8) is 0 Å². The number of carbonyl (C=O) groups excluding carboxylic acids is 2. The molecule has 3 atom stereocenters. The van der Waals surface area contributed by atoms with Crippen LogP contribution in [0.15, 0.2) is 60.7 Å². The average Bonchev–Trinajstić information content (AvgIpc) is 3.46. The molecule has 3 amide bonds. The van der Waals surface area contributed by atoms with Gasteiger partial charge in [-0.15, -0.1) is 0 Å². The summed E-state index contributed by atoms with van der Waals surface area (Å²) in [6.45, 7) is 5.18. The molecule has 0 spiro atoms. The van der Waals surface area contributed by atoms with Crippen LogP contribution in [0.5, 0.6) is 17.2 Å². The summed E-state index contributed by atoms with van der Waals surface area (Å²) >= 11 is 0. The zero-order chi connectivity index (χ0) is 32.3. The van der Waals surface area contributed by atoms with Crippen molar-refractivity contribution in [1.29, 1.82) is 0 Å². The lowest BCUT2D eigenvalue weighted by atomic mass is 9.99. The number of amides is 3. The summed E-state index contributed by atoms with van der Waals surface area (Å²) < 4.78 is 55.9. The van der Waals surface area contributed by atoms with Gasteiger partial charge in [-0.1, -0.05) is 13.0 Å². The van der Waals surface area contributed by atoms with Gasteiger partial charge in [-0.3, -0.25) is 9.69 Å². The third-order valence-electron chi connectivity index (χ3n) is 7.77. The second-order valence-electron chi connectivity index (χ2n) is 11.4. The monoisotopic (exact) mass is 628 g/mol. The summed E-state index contributed by atoms with van der Waals surface area (Å²) in [5.41, 5.74) is 0.851. The second-order valence-corrected chi connectivity index (χ2v) is 11.4. The lowest BCUT2D eigenvalue weighted by Crippen LogP contribution is -2.49. The highest BCUT2D eigenvalue weighted by molar-refractivity contribution is 6.02. The van der Waals surface area contributed by atoms with Gasteiger partial charge in [0.1, 0.15) is 11.9 Å². The number of hydrogen-bond donors (Lipinski definition) is 3. The number of nitrogens with one attached hydrogen (secondary N) is 2. The first-order valence-electron chi connectivity index (χ1n) is 14.5. The lowest BCUT2D eigenvalue weighted by molar-refractivity contribution is -0.137. The number of urea groups is 1. The summed E-state index contributed by atoms with van der Waals surface area (Å²) in [6.07, 6.45) is -4.82. The van der Waals surface area contributed by atoms with Crippen molar-refractivity contribution in [2.75, 3.05) is 44.2 Å². The van der Waals surface area contributed by atoms with Gasteiger partial charge in [0.05, 0.1) is 23.8 Å². The van der Waals surface area contributed by atoms with Gasteiger partial charge in [0.25, 0.3) is 5.91 Å². The quantitative estimate of drug-likeness (QED) is 0.305. The molecule has 0 bridgehead atoms. The third kappa shape index (κ3) is 7.60. The molecule has 10 nitrogen and oxygen atoms in total. The van der Waals surface area contributed by atoms with Gasteiger partial charge in [0, 0.05) is 36.9 Å². The van der Waals surface area contributed by atoms with Crippen LogP contribution in [-0.2, 0) is 12.7 Å². The van der Waals surface area contributed by atoms with Crippen LogP contribution in [0.3, 0.4) is 0 Å². The van der Waals surface area contributed by atoms with Crippen LogP contribution in [0.1, 0.15) is 35.3 Å². The fourth-order valence-electron chi connectivity index (χ4n) is 5.28. The molecular formula is C32H35F3N4O6. The largest absolute Gasteiger partial charge is 0.488 e. The molecule has 5 rings (SSSR count). The van der Waals surface area contributed by atoms with Crippen molar-refractivity contribution in [3.8, 4) is 17.2 Å². The average molecular weight is 629 g/mol. The Kier molecular flexibility index (Phi) is 9.40. The maximum atomic E-state index is 13.7. The summed E-state index contributed by atoms with van der Waals surface area (Å²) in [6, 6.07) is 13.4. The molecule has 3 aromatic carbocycles. The van der Waals surface area contributed by atoms with E-state index >= 15 is 0 Å². The fraction of sp³-hybridized carbons (Fsp3) is 0.375. The molecule has 0 fully saturated rings. The van der Waals surface area contributed by atoms with Crippen LogP contribution in [0, 0.1) is 5.92 Å². The Morgan fingerprint density at radius 3 is 2.40 bits per heavy atom. The van der Waals surface area contributed by atoms with Crippen LogP contribution in [0.2, 0.25) is 0 Å². The first-order valence-corrected chi connectivity index (χ1v) is 14.5. The van der Waals surface area contributed by atoms with E-state index in [0.717, 1.165) is 29.8 Å². The van der Waals surface area contributed by atoms with Crippen molar-refractivity contribution >= 4 is 23.3 Å². The number of aliphatic hydroxyl groups excluding tert-OH is 1. The van der Waals surface area contributed by atoms with E-state index in [1.54, 1.807) is 24.0 Å². The Labute approximate surface area is 258 Å². The number of ether oxygens (including phenoxy) is 3. The first-order chi connectivity index (χ1) is 21.4. The Morgan fingerprint density at radius 1 is 1.02 bits per heavy atom. The predicted octanol–water partition coefficient (Wildman–Crippen LogP) is 5.43. The number of alkyl halides is 3. The van der Waals surface area contributed by atoms with E-state index in [4.69, 9.17) is 14.2 Å². The van der Waals surface area contributed by atoms with E-state index in [1.807, 2.05) is 32.2 Å². The minimum absolute atomic E-state index is 0.0948. The Balaban J connectivity index is 1.32. The van der Waals surface area contributed by atoms with Gasteiger partial charge in [0.15, 0.2) is 11.5 Å². The molecule has 0 radical (unpaired) electrons. The minimum Gasteiger partial charge on any atom is -0.488 e. The summed E-state index contributed by atoms with van der Waals surface area (Å²) in [7, 11) is 1.97. The number of fused-ring (bicyclic) bond motifs is 2. The maximum absolute atomic E-state index is 13.7.